The summed E-state index contributed by atoms with van der Waals surface area (Å²) in [6, 6.07) is 1.76. The van der Waals surface area contributed by atoms with Crippen molar-refractivity contribution in [2.75, 3.05) is 12.9 Å². The molecule has 0 amide bonds. The molecule has 1 aromatic rings. The van der Waals surface area contributed by atoms with Crippen molar-refractivity contribution in [3.8, 4) is 5.88 Å². The highest BCUT2D eigenvalue weighted by Crippen LogP contribution is 2.40. The Balaban J connectivity index is 2.70. The fraction of sp³-hybridized carbons (Fsp3) is 0.538. The number of halogens is 1. The molecule has 1 aromatic heterocycles. The van der Waals surface area contributed by atoms with Crippen LogP contribution in [-0.2, 0) is 15.4 Å². The Morgan fingerprint density at radius 1 is 1.38 bits per heavy atom. The minimum atomic E-state index is -3.46. The second kappa shape index (κ2) is 4.95. The maximum Gasteiger partial charge on any atom is 0.218 e. The standard InChI is InChI=1S/C13H18BrN3O3S/c1-12(2)11(15)17-13(3,7-21(12,18)19)9-5-8(14)6-16-10(9)20-4/h5-6H,7H2,1-4H3,(H2,15,17)/t13-/m0/s1. The van der Waals surface area contributed by atoms with Gasteiger partial charge >= 0.3 is 0 Å². The largest absolute Gasteiger partial charge is 0.481 e. The molecule has 6 nitrogen and oxygen atoms in total. The van der Waals surface area contributed by atoms with Crippen molar-refractivity contribution < 1.29 is 13.2 Å². The van der Waals surface area contributed by atoms with Crippen molar-refractivity contribution in [1.29, 1.82) is 0 Å². The number of nitrogens with zero attached hydrogens (tertiary/aromatic N) is 2. The smallest absolute Gasteiger partial charge is 0.218 e. The fourth-order valence-corrected chi connectivity index (χ4v) is 4.27. The number of rotatable bonds is 2. The quantitative estimate of drug-likeness (QED) is 0.847. The van der Waals surface area contributed by atoms with Gasteiger partial charge in [0.1, 0.15) is 16.1 Å². The number of pyridine rings is 1. The second-order valence-electron chi connectivity index (χ2n) is 5.75. The third-order valence-electron chi connectivity index (χ3n) is 3.82. The summed E-state index contributed by atoms with van der Waals surface area (Å²) in [5.41, 5.74) is 5.49. The third-order valence-corrected chi connectivity index (χ3v) is 6.96. The van der Waals surface area contributed by atoms with E-state index in [0.29, 0.717) is 11.4 Å². The van der Waals surface area contributed by atoms with E-state index in [1.165, 1.54) is 7.11 Å². The lowest BCUT2D eigenvalue weighted by atomic mass is 9.94. The zero-order valence-corrected chi connectivity index (χ0v) is 14.7. The molecule has 2 rings (SSSR count). The Bertz CT molecular complexity index is 715. The van der Waals surface area contributed by atoms with Gasteiger partial charge in [-0.15, -0.1) is 0 Å². The molecule has 0 spiro atoms. The molecule has 2 N–H and O–H groups in total. The Kier molecular flexibility index (Phi) is 3.82. The minimum absolute atomic E-state index is 0.0956. The Morgan fingerprint density at radius 2 is 2.00 bits per heavy atom. The molecule has 0 saturated carbocycles. The molecule has 116 valence electrons. The van der Waals surface area contributed by atoms with E-state index < -0.39 is 20.1 Å². The van der Waals surface area contributed by atoms with Crippen LogP contribution in [0, 0.1) is 0 Å². The van der Waals surface area contributed by atoms with Crippen LogP contribution in [-0.4, -0.2) is 36.8 Å². The zero-order chi connectivity index (χ0) is 16.1. The van der Waals surface area contributed by atoms with Crippen molar-refractivity contribution in [2.45, 2.75) is 31.1 Å². The highest BCUT2D eigenvalue weighted by Gasteiger charge is 2.49. The number of hydrogen-bond acceptors (Lipinski definition) is 6. The number of sulfone groups is 1. The van der Waals surface area contributed by atoms with Gasteiger partial charge < -0.3 is 10.5 Å². The zero-order valence-electron chi connectivity index (χ0n) is 12.3. The van der Waals surface area contributed by atoms with E-state index in [9.17, 15) is 8.42 Å². The third kappa shape index (κ3) is 2.55. The topological polar surface area (TPSA) is 94.6 Å². The van der Waals surface area contributed by atoms with Crippen molar-refractivity contribution >= 4 is 31.6 Å². The van der Waals surface area contributed by atoms with E-state index in [1.807, 2.05) is 0 Å². The lowest BCUT2D eigenvalue weighted by molar-refractivity contribution is 0.376. The molecule has 1 atom stereocenters. The van der Waals surface area contributed by atoms with Gasteiger partial charge in [0, 0.05) is 16.2 Å². The molecule has 0 bridgehead atoms. The van der Waals surface area contributed by atoms with Crippen LogP contribution in [0.15, 0.2) is 21.7 Å². The molecule has 0 fully saturated rings. The highest BCUT2D eigenvalue weighted by atomic mass is 79.9. The predicted molar refractivity (Wildman–Crippen MR) is 85.3 cm³/mol. The van der Waals surface area contributed by atoms with E-state index in [1.54, 1.807) is 33.0 Å². The molecule has 2 heterocycles. The number of methoxy groups -OCH3 is 1. The molecule has 8 heteroatoms. The first-order valence-electron chi connectivity index (χ1n) is 6.31. The first kappa shape index (κ1) is 16.2. The van der Waals surface area contributed by atoms with Crippen molar-refractivity contribution in [3.63, 3.8) is 0 Å². The van der Waals surface area contributed by atoms with Gasteiger partial charge in [0.15, 0.2) is 9.84 Å². The molecular weight excluding hydrogens is 358 g/mol. The van der Waals surface area contributed by atoms with Crippen LogP contribution >= 0.6 is 15.9 Å². The molecule has 0 unspecified atom stereocenters. The number of amidine groups is 1. The Morgan fingerprint density at radius 3 is 2.52 bits per heavy atom. The van der Waals surface area contributed by atoms with Gasteiger partial charge in [0.2, 0.25) is 5.88 Å². The van der Waals surface area contributed by atoms with Crippen LogP contribution in [0.2, 0.25) is 0 Å². The molecule has 0 radical (unpaired) electrons. The minimum Gasteiger partial charge on any atom is -0.481 e. The van der Waals surface area contributed by atoms with Crippen LogP contribution in [0.25, 0.3) is 0 Å². The summed E-state index contributed by atoms with van der Waals surface area (Å²) < 4.78 is 29.9. The number of ether oxygens (including phenoxy) is 1. The number of aliphatic imine (C=N–C) groups is 1. The fourth-order valence-electron chi connectivity index (χ4n) is 2.26. The van der Waals surface area contributed by atoms with E-state index in [0.717, 1.165) is 4.47 Å². The second-order valence-corrected chi connectivity index (χ2v) is 9.21. The van der Waals surface area contributed by atoms with Gasteiger partial charge in [0.25, 0.3) is 0 Å². The number of aromatic nitrogens is 1. The van der Waals surface area contributed by atoms with Gasteiger partial charge in [-0.05, 0) is 42.8 Å². The summed E-state index contributed by atoms with van der Waals surface area (Å²) in [6.45, 7) is 4.85. The van der Waals surface area contributed by atoms with Crippen LogP contribution < -0.4 is 10.5 Å². The van der Waals surface area contributed by atoms with E-state index in [-0.39, 0.29) is 11.6 Å². The van der Waals surface area contributed by atoms with Gasteiger partial charge in [-0.2, -0.15) is 0 Å². The number of nitrogens with two attached hydrogens (primary N) is 1. The van der Waals surface area contributed by atoms with Gasteiger partial charge in [-0.25, -0.2) is 13.4 Å². The van der Waals surface area contributed by atoms with Crippen LogP contribution in [0.3, 0.4) is 0 Å². The first-order valence-corrected chi connectivity index (χ1v) is 8.76. The van der Waals surface area contributed by atoms with Gasteiger partial charge in [0.05, 0.1) is 12.9 Å². The van der Waals surface area contributed by atoms with Crippen LogP contribution in [0.4, 0.5) is 0 Å². The monoisotopic (exact) mass is 375 g/mol. The normalized spacial score (nSPS) is 27.0. The van der Waals surface area contributed by atoms with Gasteiger partial charge in [-0.3, -0.25) is 4.99 Å². The Labute approximate surface area is 132 Å². The van der Waals surface area contributed by atoms with E-state index >= 15 is 0 Å². The maximum absolute atomic E-state index is 12.6. The first-order chi connectivity index (χ1) is 9.53. The van der Waals surface area contributed by atoms with Crippen LogP contribution in [0.5, 0.6) is 5.88 Å². The lowest BCUT2D eigenvalue weighted by Gasteiger charge is -2.38. The summed E-state index contributed by atoms with van der Waals surface area (Å²) in [5, 5.41) is 0. The summed E-state index contributed by atoms with van der Waals surface area (Å²) in [5.74, 6) is 0.285. The summed E-state index contributed by atoms with van der Waals surface area (Å²) >= 11 is 3.34. The number of hydrogen-bond donors (Lipinski definition) is 1. The predicted octanol–water partition coefficient (Wildman–Crippen LogP) is 1.63. The molecule has 1 aliphatic heterocycles. The average molecular weight is 376 g/mol. The van der Waals surface area contributed by atoms with Crippen LogP contribution in [0.1, 0.15) is 26.3 Å². The maximum atomic E-state index is 12.6. The summed E-state index contributed by atoms with van der Waals surface area (Å²) in [4.78, 5) is 8.61. The van der Waals surface area contributed by atoms with E-state index in [4.69, 9.17) is 10.5 Å². The molecule has 0 aromatic carbocycles. The van der Waals surface area contributed by atoms with Gasteiger partial charge in [-0.1, -0.05) is 0 Å². The average Bonchev–Trinajstić information content (AvgIpc) is 2.36. The highest BCUT2D eigenvalue weighted by molar-refractivity contribution is 9.10. The molecule has 21 heavy (non-hydrogen) atoms. The summed E-state index contributed by atoms with van der Waals surface area (Å²) in [7, 11) is -1.97. The lowest BCUT2D eigenvalue weighted by Crippen LogP contribution is -2.54. The van der Waals surface area contributed by atoms with Crippen molar-refractivity contribution in [2.24, 2.45) is 10.7 Å². The molecular formula is C13H18BrN3O3S. The summed E-state index contributed by atoms with van der Waals surface area (Å²) in [6.07, 6.45) is 1.58. The van der Waals surface area contributed by atoms with E-state index in [2.05, 4.69) is 25.9 Å². The molecule has 1 aliphatic rings. The SMILES string of the molecule is COc1ncc(Br)cc1[C@]1(C)CS(=O)(=O)C(C)(C)C(N)=N1. The Hall–Kier alpha value is -1.15. The molecule has 0 saturated heterocycles. The van der Waals surface area contributed by atoms with Crippen molar-refractivity contribution in [1.82, 2.24) is 4.98 Å². The van der Waals surface area contributed by atoms with Crippen molar-refractivity contribution in [3.05, 3.63) is 22.3 Å². The molecule has 0 aliphatic carbocycles.